The van der Waals surface area contributed by atoms with Gasteiger partial charge in [-0.25, -0.2) is 19.2 Å². The Balaban J connectivity index is 0.000000427. The van der Waals surface area contributed by atoms with Gasteiger partial charge in [0, 0.05) is 70.9 Å². The monoisotopic (exact) mass is 1770 g/mol. The first-order valence-corrected chi connectivity index (χ1v) is 63.8. The molecule has 11 atom stereocenters. The number of carbonyl (C=O) groups is 4. The van der Waals surface area contributed by atoms with Crippen molar-refractivity contribution in [1.29, 1.82) is 0 Å². The molecule has 674 valence electrons. The lowest BCUT2D eigenvalue weighted by Gasteiger charge is -2.39. The first kappa shape index (κ1) is 105. The van der Waals surface area contributed by atoms with Crippen molar-refractivity contribution in [1.82, 2.24) is 0 Å². The second-order valence-corrected chi connectivity index (χ2v) is 73.3. The molecule has 4 aromatic carbocycles. The predicted molar refractivity (Wildman–Crippen MR) is 500 cm³/mol. The molecule has 2 saturated heterocycles. The summed E-state index contributed by atoms with van der Waals surface area (Å²) in [7, 11) is -6.72. The van der Waals surface area contributed by atoms with E-state index in [9.17, 15) is 19.2 Å². The minimum atomic E-state index is -2.04. The van der Waals surface area contributed by atoms with Crippen LogP contribution in [0, 0.1) is 11.8 Å². The molecule has 6 unspecified atom stereocenters. The van der Waals surface area contributed by atoms with Crippen molar-refractivity contribution in [2.45, 2.75) is 322 Å². The van der Waals surface area contributed by atoms with Crippen LogP contribution >= 0.6 is 0 Å². The molecule has 4 aromatic rings. The molecule has 2 heterocycles. The lowest BCUT2D eigenvalue weighted by atomic mass is 9.88. The van der Waals surface area contributed by atoms with Gasteiger partial charge in [0.2, 0.25) is 0 Å². The van der Waals surface area contributed by atoms with Crippen LogP contribution in [0.4, 0.5) is 0 Å². The van der Waals surface area contributed by atoms with E-state index in [1.165, 1.54) is 7.11 Å². The van der Waals surface area contributed by atoms with E-state index in [0.29, 0.717) is 90.1 Å². The van der Waals surface area contributed by atoms with Gasteiger partial charge in [0.15, 0.2) is 41.8 Å². The van der Waals surface area contributed by atoms with Crippen LogP contribution in [0.25, 0.3) is 6.08 Å². The Kier molecular flexibility index (Phi) is 39.6. The highest BCUT2D eigenvalue weighted by molar-refractivity contribution is 6.77. The fraction of sp³-hybridized carbons (Fsp3) is 0.638. The van der Waals surface area contributed by atoms with Crippen molar-refractivity contribution in [3.63, 3.8) is 0 Å². The third kappa shape index (κ3) is 35.3. The van der Waals surface area contributed by atoms with E-state index in [-0.39, 0.29) is 59.2 Å². The number of methoxy groups -OCH3 is 2. The average Bonchev–Trinajstić information content (AvgIpc) is 1.48. The van der Waals surface area contributed by atoms with Crippen LogP contribution < -0.4 is 18.9 Å². The third-order valence-electron chi connectivity index (χ3n) is 22.3. The Morgan fingerprint density at radius 3 is 1.21 bits per heavy atom. The summed E-state index contributed by atoms with van der Waals surface area (Å²) < 4.78 is 99.5. The summed E-state index contributed by atoms with van der Waals surface area (Å²) >= 11 is 0. The molecule has 6 rings (SSSR count). The lowest BCUT2D eigenvalue weighted by molar-refractivity contribution is -0.153. The van der Waals surface area contributed by atoms with Crippen molar-refractivity contribution < 1.29 is 94.3 Å². The molecular formula is C94H154O20Si6. The summed E-state index contributed by atoms with van der Waals surface area (Å²) in [6, 6.07) is 28.8. The zero-order valence-corrected chi connectivity index (χ0v) is 85.5. The Bertz CT molecular complexity index is 3950. The molecule has 20 nitrogen and oxygen atoms in total. The third-order valence-corrected chi connectivity index (χ3v) is 38.3. The number of hydrogen-bond donors (Lipinski definition) is 0. The minimum absolute atomic E-state index is 0.00786. The number of rotatable bonds is 44. The van der Waals surface area contributed by atoms with Crippen LogP contribution in [0.3, 0.4) is 0 Å². The van der Waals surface area contributed by atoms with Gasteiger partial charge in [0.25, 0.3) is 0 Å². The van der Waals surface area contributed by atoms with Crippen molar-refractivity contribution in [2.24, 2.45) is 11.8 Å². The summed E-state index contributed by atoms with van der Waals surface area (Å²) in [5, 5.41) is 0.124. The maximum atomic E-state index is 14.1. The summed E-state index contributed by atoms with van der Waals surface area (Å²) in [5.41, 5.74) is 2.78. The summed E-state index contributed by atoms with van der Waals surface area (Å²) in [4.78, 5) is 55.3. The summed E-state index contributed by atoms with van der Waals surface area (Å²) in [5.74, 6) is -2.24. The predicted octanol–water partition coefficient (Wildman–Crippen LogP) is 23.4. The molecule has 0 radical (unpaired) electrons. The topological polar surface area (TPSA) is 216 Å². The molecule has 120 heavy (non-hydrogen) atoms. The quantitative estimate of drug-likeness (QED) is 0.0132. The smallest absolute Gasteiger partial charge is 0.342 e. The number of esters is 4. The van der Waals surface area contributed by atoms with E-state index >= 15 is 0 Å². The van der Waals surface area contributed by atoms with E-state index in [4.69, 9.17) is 75.2 Å². The maximum Gasteiger partial charge on any atom is 0.342 e. The molecule has 0 spiro atoms. The molecular weight excluding hydrogens is 1620 g/mol. The van der Waals surface area contributed by atoms with Crippen LogP contribution in [0.15, 0.2) is 115 Å². The number of ether oxygens (including phenoxy) is 14. The average molecular weight is 1770 g/mol. The molecule has 2 aliphatic heterocycles. The second-order valence-electron chi connectivity index (χ2n) is 41.3. The van der Waals surface area contributed by atoms with Crippen molar-refractivity contribution in [2.75, 3.05) is 54.2 Å². The fourth-order valence-electron chi connectivity index (χ4n) is 12.6. The summed E-state index contributed by atoms with van der Waals surface area (Å²) in [6.07, 6.45) is 8.45. The van der Waals surface area contributed by atoms with E-state index in [1.54, 1.807) is 43.5 Å². The number of benzene rings is 4. The maximum absolute atomic E-state index is 14.1. The zero-order chi connectivity index (χ0) is 90.4. The summed E-state index contributed by atoms with van der Waals surface area (Å²) in [6.45, 7) is 69.2. The highest BCUT2D eigenvalue weighted by atomic mass is 28.4. The van der Waals surface area contributed by atoms with Gasteiger partial charge in [0.05, 0.1) is 49.8 Å². The number of hydrogen-bond acceptors (Lipinski definition) is 20. The van der Waals surface area contributed by atoms with Gasteiger partial charge >= 0.3 is 23.9 Å². The van der Waals surface area contributed by atoms with Crippen molar-refractivity contribution in [3.05, 3.63) is 149 Å². The van der Waals surface area contributed by atoms with E-state index in [0.717, 1.165) is 24.2 Å². The molecule has 2 aliphatic rings. The van der Waals surface area contributed by atoms with Crippen LogP contribution in [-0.2, 0) is 56.2 Å². The number of carbonyl (C=O) groups excluding carboxylic acids is 4. The van der Waals surface area contributed by atoms with Gasteiger partial charge in [-0.15, -0.1) is 0 Å². The molecule has 0 bridgehead atoms. The molecule has 0 aliphatic carbocycles. The standard InChI is InChI=1S/C47H78O10Si3.C47H76O10Si3/c1-33(35(3)57-60(16,17)46(4,5)6)23-24-39(54-44(48)36-21-19-18-20-22-36)43-41(55-47(7,8)56-43)29-34(2)38-30-37(51-25-27-58(10,11)12)31-40(53-32-50-9)42(38)45(49)52-26-28-59(13,14)15;1-34(35(2)57-60(15,16)46(3,4)5)25-26-39(54-44(48)36-21-18-17-19-22-36)43-40(55-47(6,7)56-43)24-20-23-37-31-38(51-27-29-58(9,10)11)32-41(53-33-50-8)42(37)45(49)52-28-30-59(12,13)14/h18-24,30-31,33-35,39,41,43H,25-29,32H2,1-17H3;17-23,25-26,31-32,34-35,39-40,43H,24,27-30,33H2,1-16H3/b24-23-;23-20+,26-25-/t33-,34?,35-,39?,41+,43?;34-,35+,39?,40?,43?/m11/s1. The zero-order valence-electron chi connectivity index (χ0n) is 79.5. The molecule has 26 heteroatoms. The van der Waals surface area contributed by atoms with E-state index in [2.05, 4.69) is 193 Å². The fourth-order valence-corrected chi connectivity index (χ4v) is 18.5. The molecule has 0 aromatic heterocycles. The minimum Gasteiger partial charge on any atom is -0.494 e. The van der Waals surface area contributed by atoms with Crippen molar-refractivity contribution >= 4 is 78.9 Å². The van der Waals surface area contributed by atoms with Crippen LogP contribution in [0.2, 0.25) is 139 Å². The van der Waals surface area contributed by atoms with Gasteiger partial charge in [-0.05, 0) is 192 Å². The van der Waals surface area contributed by atoms with Crippen LogP contribution in [-0.4, -0.2) is 187 Å². The second kappa shape index (κ2) is 45.4. The Morgan fingerprint density at radius 2 is 0.817 bits per heavy atom. The normalized spacial score (nSPS) is 19.2. The molecule has 0 amide bonds. The molecule has 0 saturated carbocycles. The van der Waals surface area contributed by atoms with Gasteiger partial charge < -0.3 is 75.2 Å². The van der Waals surface area contributed by atoms with E-state index < -0.39 is 121 Å². The lowest BCUT2D eigenvalue weighted by Crippen LogP contribution is -2.44. The van der Waals surface area contributed by atoms with Crippen molar-refractivity contribution in [3.8, 4) is 23.0 Å². The largest absolute Gasteiger partial charge is 0.494 e. The first-order chi connectivity index (χ1) is 55.3. The van der Waals surface area contributed by atoms with Gasteiger partial charge in [0.1, 0.15) is 58.5 Å². The first-order valence-electron chi connectivity index (χ1n) is 43.2. The van der Waals surface area contributed by atoms with Gasteiger partial charge in [-0.2, -0.15) is 0 Å². The highest BCUT2D eigenvalue weighted by Gasteiger charge is 2.49. The van der Waals surface area contributed by atoms with Crippen LogP contribution in [0.1, 0.15) is 175 Å². The Hall–Kier alpha value is -5.84. The van der Waals surface area contributed by atoms with Crippen LogP contribution in [0.5, 0.6) is 23.0 Å². The van der Waals surface area contributed by atoms with Gasteiger partial charge in [-0.3, -0.25) is 0 Å². The van der Waals surface area contributed by atoms with E-state index in [1.807, 2.05) is 101 Å². The highest BCUT2D eigenvalue weighted by Crippen LogP contribution is 2.44. The SMILES string of the molecule is COCOc1cc(OCC[Si](C)(C)C)cc(/C=C/CC2OC(C)(C)OC2C(/C=C\[C@@H](C)[C@H](C)O[Si](C)(C)C(C)(C)C)OC(=O)c2ccccc2)c1C(=O)OCC[Si](C)(C)C.COCOc1cc(OCC[Si](C)(C)C)cc(C(C)C[C@@H]2OC(C)(C)OC2C(/C=C\[C@@H](C)[C@@H](C)O[Si](C)(C)C(C)(C)C)OC(=O)c2ccccc2)c1C(=O)OCC[Si](C)(C)C. The molecule has 0 N–H and O–H groups in total. The molecule has 2 fully saturated rings. The van der Waals surface area contributed by atoms with Gasteiger partial charge in [-0.1, -0.05) is 202 Å². The Labute approximate surface area is 728 Å². The Morgan fingerprint density at radius 1 is 0.450 bits per heavy atom.